The molecule has 0 unspecified atom stereocenters. The number of phenols is 3. The van der Waals surface area contributed by atoms with E-state index < -0.39 is 5.43 Å². The van der Waals surface area contributed by atoms with E-state index in [0.717, 1.165) is 5.57 Å². The molecule has 1 heterocycles. The van der Waals surface area contributed by atoms with Crippen LogP contribution in [0.5, 0.6) is 23.0 Å². The van der Waals surface area contributed by atoms with E-state index in [1.165, 1.54) is 25.3 Å². The van der Waals surface area contributed by atoms with Gasteiger partial charge in [-0.3, -0.25) is 4.79 Å². The van der Waals surface area contributed by atoms with Crippen molar-refractivity contribution in [2.45, 2.75) is 20.3 Å². The number of hydrogen-bond donors (Lipinski definition) is 3. The van der Waals surface area contributed by atoms with Gasteiger partial charge in [-0.25, -0.2) is 0 Å². The molecule has 0 radical (unpaired) electrons. The number of allylic oxidation sites excluding steroid dienone is 2. The molecule has 130 valence electrons. The highest BCUT2D eigenvalue weighted by molar-refractivity contribution is 5.99. The molecule has 0 amide bonds. The molecule has 1 aromatic heterocycles. The van der Waals surface area contributed by atoms with Gasteiger partial charge < -0.3 is 24.5 Å². The van der Waals surface area contributed by atoms with E-state index in [9.17, 15) is 20.1 Å². The van der Waals surface area contributed by atoms with E-state index >= 15 is 0 Å². The standard InChI is InChI=1S/C19H18O6/c1-9(2)4-5-10-13(24-3)8-14-16(17(10)22)18(23)15-11(20)6-7-12(21)19(15)25-14/h4,6-8,20-22H,5H2,1-3H3. The summed E-state index contributed by atoms with van der Waals surface area (Å²) >= 11 is 0. The van der Waals surface area contributed by atoms with Crippen LogP contribution in [0.25, 0.3) is 21.9 Å². The highest BCUT2D eigenvalue weighted by atomic mass is 16.5. The molecule has 2 aromatic carbocycles. The Morgan fingerprint density at radius 3 is 2.48 bits per heavy atom. The average Bonchev–Trinajstić information content (AvgIpc) is 2.56. The zero-order valence-corrected chi connectivity index (χ0v) is 14.1. The van der Waals surface area contributed by atoms with E-state index in [4.69, 9.17) is 9.15 Å². The van der Waals surface area contributed by atoms with Crippen molar-refractivity contribution in [2.75, 3.05) is 7.11 Å². The Kier molecular flexibility index (Phi) is 4.04. The minimum absolute atomic E-state index is 0.0636. The molecule has 0 aliphatic carbocycles. The minimum atomic E-state index is -0.622. The van der Waals surface area contributed by atoms with E-state index in [2.05, 4.69) is 0 Å². The third kappa shape index (κ3) is 2.65. The summed E-state index contributed by atoms with van der Waals surface area (Å²) in [5.41, 5.74) is 0.796. The van der Waals surface area contributed by atoms with Gasteiger partial charge in [0.15, 0.2) is 11.3 Å². The zero-order valence-electron chi connectivity index (χ0n) is 14.1. The predicted octanol–water partition coefficient (Wildman–Crippen LogP) is 3.58. The Labute approximate surface area is 143 Å². The average molecular weight is 342 g/mol. The summed E-state index contributed by atoms with van der Waals surface area (Å²) in [5, 5.41) is 30.3. The first-order valence-electron chi connectivity index (χ1n) is 7.68. The third-order valence-electron chi connectivity index (χ3n) is 4.04. The van der Waals surface area contributed by atoms with Crippen LogP contribution in [0, 0.1) is 0 Å². The molecule has 25 heavy (non-hydrogen) atoms. The van der Waals surface area contributed by atoms with Gasteiger partial charge >= 0.3 is 0 Å². The number of methoxy groups -OCH3 is 1. The monoisotopic (exact) mass is 342 g/mol. The fraction of sp³-hybridized carbons (Fsp3) is 0.211. The van der Waals surface area contributed by atoms with Crippen molar-refractivity contribution in [3.8, 4) is 23.0 Å². The van der Waals surface area contributed by atoms with Crippen molar-refractivity contribution in [3.05, 3.63) is 45.6 Å². The molecule has 3 aromatic rings. The van der Waals surface area contributed by atoms with Crippen LogP contribution in [-0.2, 0) is 6.42 Å². The number of ether oxygens (including phenoxy) is 1. The Balaban J connectivity index is 2.47. The summed E-state index contributed by atoms with van der Waals surface area (Å²) in [7, 11) is 1.45. The van der Waals surface area contributed by atoms with Crippen LogP contribution in [0.4, 0.5) is 0 Å². The maximum atomic E-state index is 12.8. The lowest BCUT2D eigenvalue weighted by molar-refractivity contribution is 0.401. The first kappa shape index (κ1) is 16.7. The maximum Gasteiger partial charge on any atom is 0.208 e. The van der Waals surface area contributed by atoms with Crippen LogP contribution < -0.4 is 10.2 Å². The molecule has 6 nitrogen and oxygen atoms in total. The van der Waals surface area contributed by atoms with E-state index in [1.807, 2.05) is 19.9 Å². The van der Waals surface area contributed by atoms with Gasteiger partial charge in [-0.15, -0.1) is 0 Å². The van der Waals surface area contributed by atoms with Crippen molar-refractivity contribution in [1.82, 2.24) is 0 Å². The summed E-state index contributed by atoms with van der Waals surface area (Å²) in [6.45, 7) is 3.85. The van der Waals surface area contributed by atoms with Crippen LogP contribution in [-0.4, -0.2) is 22.4 Å². The van der Waals surface area contributed by atoms with Crippen LogP contribution in [0.3, 0.4) is 0 Å². The molecule has 0 saturated heterocycles. The second-order valence-electron chi connectivity index (χ2n) is 6.00. The molecule has 3 rings (SSSR count). The lowest BCUT2D eigenvalue weighted by Gasteiger charge is -2.12. The molecule has 6 heteroatoms. The molecule has 0 spiro atoms. The Hall–Kier alpha value is -3.15. The molecule has 0 atom stereocenters. The summed E-state index contributed by atoms with van der Waals surface area (Å²) in [4.78, 5) is 12.8. The molecule has 0 aliphatic rings. The predicted molar refractivity (Wildman–Crippen MR) is 94.7 cm³/mol. The molecule has 0 fully saturated rings. The number of phenolic OH excluding ortho intramolecular Hbond substituents is 3. The van der Waals surface area contributed by atoms with Gasteiger partial charge in [-0.05, 0) is 32.4 Å². The van der Waals surface area contributed by atoms with Crippen molar-refractivity contribution in [3.63, 3.8) is 0 Å². The van der Waals surface area contributed by atoms with E-state index in [0.29, 0.717) is 17.7 Å². The van der Waals surface area contributed by atoms with Gasteiger partial charge in [-0.1, -0.05) is 11.6 Å². The minimum Gasteiger partial charge on any atom is -0.507 e. The Morgan fingerprint density at radius 2 is 1.84 bits per heavy atom. The summed E-state index contributed by atoms with van der Waals surface area (Å²) in [5.74, 6) is -0.502. The van der Waals surface area contributed by atoms with Crippen molar-refractivity contribution < 1.29 is 24.5 Å². The highest BCUT2D eigenvalue weighted by Crippen LogP contribution is 2.39. The Bertz CT molecular complexity index is 1070. The highest BCUT2D eigenvalue weighted by Gasteiger charge is 2.21. The molecule has 3 N–H and O–H groups in total. The van der Waals surface area contributed by atoms with Crippen molar-refractivity contribution in [2.24, 2.45) is 0 Å². The number of fused-ring (bicyclic) bond motifs is 2. The number of rotatable bonds is 3. The van der Waals surface area contributed by atoms with Crippen LogP contribution in [0.1, 0.15) is 19.4 Å². The number of aromatic hydroxyl groups is 3. The fourth-order valence-electron chi connectivity index (χ4n) is 2.77. The SMILES string of the molecule is COc1cc2oc3c(O)ccc(O)c3c(=O)c2c(O)c1CC=C(C)C. The number of hydrogen-bond acceptors (Lipinski definition) is 6. The smallest absolute Gasteiger partial charge is 0.208 e. The third-order valence-corrected chi connectivity index (χ3v) is 4.04. The lowest BCUT2D eigenvalue weighted by atomic mass is 10.0. The first-order chi connectivity index (χ1) is 11.8. The van der Waals surface area contributed by atoms with E-state index in [-0.39, 0.29) is 39.2 Å². The van der Waals surface area contributed by atoms with Crippen molar-refractivity contribution >= 4 is 21.9 Å². The molecule has 0 saturated carbocycles. The second kappa shape index (κ2) is 6.05. The Morgan fingerprint density at radius 1 is 1.16 bits per heavy atom. The van der Waals surface area contributed by atoms with Gasteiger partial charge in [0, 0.05) is 11.6 Å². The summed E-state index contributed by atoms with van der Waals surface area (Å²) in [6.07, 6.45) is 2.27. The van der Waals surface area contributed by atoms with Crippen LogP contribution >= 0.6 is 0 Å². The topological polar surface area (TPSA) is 100 Å². The van der Waals surface area contributed by atoms with Crippen LogP contribution in [0.2, 0.25) is 0 Å². The number of benzene rings is 2. The fourth-order valence-corrected chi connectivity index (χ4v) is 2.77. The zero-order chi connectivity index (χ0) is 18.3. The summed E-state index contributed by atoms with van der Waals surface area (Å²) < 4.78 is 10.9. The first-order valence-corrected chi connectivity index (χ1v) is 7.68. The largest absolute Gasteiger partial charge is 0.507 e. The maximum absolute atomic E-state index is 12.8. The lowest BCUT2D eigenvalue weighted by Crippen LogP contribution is -2.05. The molecule has 0 bridgehead atoms. The molecule has 0 aliphatic heterocycles. The van der Waals surface area contributed by atoms with Gasteiger partial charge in [0.1, 0.15) is 33.6 Å². The quantitative estimate of drug-likeness (QED) is 0.382. The van der Waals surface area contributed by atoms with Crippen molar-refractivity contribution in [1.29, 1.82) is 0 Å². The normalized spacial score (nSPS) is 11.0. The molecular weight excluding hydrogens is 324 g/mol. The van der Waals surface area contributed by atoms with E-state index in [1.54, 1.807) is 0 Å². The van der Waals surface area contributed by atoms with Gasteiger partial charge in [-0.2, -0.15) is 0 Å². The van der Waals surface area contributed by atoms with Gasteiger partial charge in [0.25, 0.3) is 0 Å². The second-order valence-corrected chi connectivity index (χ2v) is 6.00. The van der Waals surface area contributed by atoms with Gasteiger partial charge in [0.05, 0.1) is 7.11 Å². The summed E-state index contributed by atoms with van der Waals surface area (Å²) in [6, 6.07) is 3.92. The molecular formula is C19H18O6. The van der Waals surface area contributed by atoms with Crippen LogP contribution in [0.15, 0.2) is 39.1 Å². The van der Waals surface area contributed by atoms with Gasteiger partial charge in [0.2, 0.25) is 5.43 Å².